The van der Waals surface area contributed by atoms with E-state index in [1.165, 1.54) is 4.57 Å². The van der Waals surface area contributed by atoms with Gasteiger partial charge in [-0.05, 0) is 43.5 Å². The summed E-state index contributed by atoms with van der Waals surface area (Å²) < 4.78 is 7.11. The van der Waals surface area contributed by atoms with Gasteiger partial charge in [0.25, 0.3) is 5.56 Å². The quantitative estimate of drug-likeness (QED) is 0.931. The molecule has 2 rings (SSSR count). The largest absolute Gasteiger partial charge is 0.440 e. The van der Waals surface area contributed by atoms with E-state index < -0.39 is 11.2 Å². The Morgan fingerprint density at radius 3 is 2.30 bits per heavy atom. The molecule has 0 atom stereocenters. The third-order valence-electron chi connectivity index (χ3n) is 3.13. The summed E-state index contributed by atoms with van der Waals surface area (Å²) in [5.74, 6) is 0.920. The van der Waals surface area contributed by atoms with Crippen molar-refractivity contribution in [3.8, 4) is 11.6 Å². The van der Waals surface area contributed by atoms with Gasteiger partial charge in [-0.2, -0.15) is 0 Å². The predicted molar refractivity (Wildman–Crippen MR) is 77.7 cm³/mol. The second-order valence-electron chi connectivity index (χ2n) is 4.88. The van der Waals surface area contributed by atoms with Crippen LogP contribution in [0.15, 0.2) is 27.8 Å². The number of rotatable bonds is 3. The summed E-state index contributed by atoms with van der Waals surface area (Å²) in [6, 6.07) is 5.78. The van der Waals surface area contributed by atoms with E-state index in [-0.39, 0.29) is 0 Å². The van der Waals surface area contributed by atoms with Gasteiger partial charge in [0.15, 0.2) is 0 Å². The van der Waals surface area contributed by atoms with Crippen molar-refractivity contribution in [1.82, 2.24) is 9.55 Å². The van der Waals surface area contributed by atoms with Crippen LogP contribution in [0.4, 0.5) is 0 Å². The fourth-order valence-electron chi connectivity index (χ4n) is 2.19. The molecule has 0 unspecified atom stereocenters. The van der Waals surface area contributed by atoms with Crippen molar-refractivity contribution in [2.75, 3.05) is 0 Å². The number of aromatic nitrogens is 2. The fraction of sp³-hybridized carbons (Fsp3) is 0.333. The van der Waals surface area contributed by atoms with Gasteiger partial charge in [-0.15, -0.1) is 0 Å². The van der Waals surface area contributed by atoms with Crippen LogP contribution in [0.1, 0.15) is 23.6 Å². The van der Waals surface area contributed by atoms with E-state index in [0.717, 1.165) is 11.1 Å². The Morgan fingerprint density at radius 2 is 1.75 bits per heavy atom. The van der Waals surface area contributed by atoms with Crippen LogP contribution in [0.3, 0.4) is 0 Å². The fourth-order valence-corrected chi connectivity index (χ4v) is 2.19. The maximum atomic E-state index is 11.8. The number of nitrogens with one attached hydrogen (secondary N) is 1. The summed E-state index contributed by atoms with van der Waals surface area (Å²) in [5.41, 5.74) is 1.72. The lowest BCUT2D eigenvalue weighted by Crippen LogP contribution is -2.31. The molecule has 0 saturated heterocycles. The molecule has 0 aliphatic carbocycles. The second-order valence-corrected chi connectivity index (χ2v) is 4.88. The molecule has 0 fully saturated rings. The van der Waals surface area contributed by atoms with E-state index in [4.69, 9.17) is 4.74 Å². The van der Waals surface area contributed by atoms with Gasteiger partial charge in [0.2, 0.25) is 5.88 Å². The van der Waals surface area contributed by atoms with Gasteiger partial charge in [-0.1, -0.05) is 13.0 Å². The topological polar surface area (TPSA) is 64.1 Å². The molecule has 1 aromatic carbocycles. The van der Waals surface area contributed by atoms with Crippen molar-refractivity contribution in [2.24, 2.45) is 7.05 Å². The molecule has 5 heteroatoms. The number of hydrogen-bond donors (Lipinski definition) is 1. The van der Waals surface area contributed by atoms with E-state index in [1.807, 2.05) is 39.0 Å². The highest BCUT2D eigenvalue weighted by Gasteiger charge is 2.13. The molecule has 0 spiro atoms. The first-order valence-electron chi connectivity index (χ1n) is 6.50. The van der Waals surface area contributed by atoms with Gasteiger partial charge in [0.1, 0.15) is 5.75 Å². The first kappa shape index (κ1) is 14.1. The van der Waals surface area contributed by atoms with Crippen molar-refractivity contribution in [2.45, 2.75) is 27.2 Å². The normalized spacial score (nSPS) is 10.6. The predicted octanol–water partition coefficient (Wildman–Crippen LogP) is 2.05. The van der Waals surface area contributed by atoms with Crippen molar-refractivity contribution < 1.29 is 4.74 Å². The average Bonchev–Trinajstić information content (AvgIpc) is 2.34. The van der Waals surface area contributed by atoms with Crippen LogP contribution in [0.5, 0.6) is 11.6 Å². The lowest BCUT2D eigenvalue weighted by Gasteiger charge is -2.13. The molecule has 1 heterocycles. The highest BCUT2D eigenvalue weighted by atomic mass is 16.5. The minimum absolute atomic E-state index is 0.297. The molecule has 1 aromatic heterocycles. The van der Waals surface area contributed by atoms with Gasteiger partial charge in [-0.25, -0.2) is 4.79 Å². The smallest absolute Gasteiger partial charge is 0.330 e. The zero-order valence-corrected chi connectivity index (χ0v) is 12.1. The number of benzene rings is 1. The first-order chi connectivity index (χ1) is 9.42. The Kier molecular flexibility index (Phi) is 3.79. The maximum Gasteiger partial charge on any atom is 0.330 e. The van der Waals surface area contributed by atoms with Crippen LogP contribution >= 0.6 is 0 Å². The van der Waals surface area contributed by atoms with Crippen LogP contribution in [0, 0.1) is 13.8 Å². The molecule has 5 nitrogen and oxygen atoms in total. The first-order valence-corrected chi connectivity index (χ1v) is 6.50. The molecule has 106 valence electrons. The molecular formula is C15H18N2O3. The van der Waals surface area contributed by atoms with Gasteiger partial charge < -0.3 is 4.74 Å². The monoisotopic (exact) mass is 274 g/mol. The van der Waals surface area contributed by atoms with Gasteiger partial charge in [-0.3, -0.25) is 14.3 Å². The Balaban J connectivity index is 2.58. The van der Waals surface area contributed by atoms with Gasteiger partial charge in [0.05, 0.1) is 5.56 Å². The van der Waals surface area contributed by atoms with Crippen LogP contribution in [-0.4, -0.2) is 9.55 Å². The molecule has 1 N–H and O–H groups in total. The molecular weight excluding hydrogens is 256 g/mol. The molecule has 0 saturated carbocycles. The van der Waals surface area contributed by atoms with Crippen molar-refractivity contribution in [3.05, 3.63) is 55.7 Å². The highest BCUT2D eigenvalue weighted by Crippen LogP contribution is 2.24. The summed E-state index contributed by atoms with van der Waals surface area (Å²) in [5, 5.41) is 0. The number of aryl methyl sites for hydroxylation is 2. The minimum Gasteiger partial charge on any atom is -0.440 e. The Bertz CT molecular complexity index is 736. The summed E-state index contributed by atoms with van der Waals surface area (Å²) in [6.45, 7) is 5.79. The maximum absolute atomic E-state index is 11.8. The third kappa shape index (κ3) is 2.66. The number of ether oxygens (including phenoxy) is 1. The van der Waals surface area contributed by atoms with E-state index in [9.17, 15) is 9.59 Å². The number of aromatic amines is 1. The lowest BCUT2D eigenvalue weighted by atomic mass is 10.1. The van der Waals surface area contributed by atoms with Crippen LogP contribution in [0.25, 0.3) is 0 Å². The summed E-state index contributed by atoms with van der Waals surface area (Å²) >= 11 is 0. The second kappa shape index (κ2) is 5.36. The molecule has 20 heavy (non-hydrogen) atoms. The number of H-pyrrole nitrogens is 1. The zero-order valence-electron chi connectivity index (χ0n) is 12.1. The van der Waals surface area contributed by atoms with E-state index >= 15 is 0 Å². The van der Waals surface area contributed by atoms with Crippen molar-refractivity contribution >= 4 is 0 Å². The minimum atomic E-state index is -0.480. The van der Waals surface area contributed by atoms with Gasteiger partial charge in [0, 0.05) is 7.05 Å². The van der Waals surface area contributed by atoms with E-state index in [2.05, 4.69) is 4.98 Å². The molecule has 0 radical (unpaired) electrons. The number of hydrogen-bond acceptors (Lipinski definition) is 3. The SMILES string of the molecule is CCc1c(Oc2cc(C)cc(C)c2)n(C)c(=O)[nH]c1=O. The number of nitrogens with zero attached hydrogens (tertiary/aromatic N) is 1. The van der Waals surface area contributed by atoms with Crippen LogP contribution < -0.4 is 16.0 Å². The Morgan fingerprint density at radius 1 is 1.15 bits per heavy atom. The molecule has 2 aromatic rings. The Hall–Kier alpha value is -2.30. The lowest BCUT2D eigenvalue weighted by molar-refractivity contribution is 0.422. The Labute approximate surface area is 116 Å². The van der Waals surface area contributed by atoms with E-state index in [1.54, 1.807) is 7.05 Å². The summed E-state index contributed by atoms with van der Waals surface area (Å²) in [4.78, 5) is 25.8. The molecule has 0 amide bonds. The van der Waals surface area contributed by atoms with Crippen molar-refractivity contribution in [1.29, 1.82) is 0 Å². The standard InChI is InChI=1S/C15H18N2O3/c1-5-12-13(18)16-15(19)17(4)14(12)20-11-7-9(2)6-10(3)8-11/h6-8H,5H2,1-4H3,(H,16,18,19). The van der Waals surface area contributed by atoms with Crippen LogP contribution in [0.2, 0.25) is 0 Å². The van der Waals surface area contributed by atoms with Crippen molar-refractivity contribution in [3.63, 3.8) is 0 Å². The molecule has 0 aliphatic rings. The average molecular weight is 274 g/mol. The highest BCUT2D eigenvalue weighted by molar-refractivity contribution is 5.37. The van der Waals surface area contributed by atoms with E-state index in [0.29, 0.717) is 23.6 Å². The van der Waals surface area contributed by atoms with Gasteiger partial charge >= 0.3 is 5.69 Å². The molecule has 0 bridgehead atoms. The third-order valence-corrected chi connectivity index (χ3v) is 3.13. The van der Waals surface area contributed by atoms with Crippen LogP contribution in [-0.2, 0) is 13.5 Å². The zero-order chi connectivity index (χ0) is 14.9. The molecule has 0 aliphatic heterocycles. The summed E-state index contributed by atoms with van der Waals surface area (Å²) in [6.07, 6.45) is 0.490. The summed E-state index contributed by atoms with van der Waals surface area (Å²) in [7, 11) is 1.58.